The summed E-state index contributed by atoms with van der Waals surface area (Å²) in [5, 5.41) is 8.58. The van der Waals surface area contributed by atoms with Crippen LogP contribution in [0.2, 0.25) is 0 Å². The molecule has 11 heteroatoms. The van der Waals surface area contributed by atoms with E-state index in [9.17, 15) is 4.79 Å². The van der Waals surface area contributed by atoms with Gasteiger partial charge >= 0.3 is 5.69 Å². The first kappa shape index (κ1) is 65.0. The first-order valence-electron chi connectivity index (χ1n) is 30.9. The van der Waals surface area contributed by atoms with E-state index in [-0.39, 0.29) is 11.7 Å². The number of thiazole rings is 1. The second kappa shape index (κ2) is 31.1. The summed E-state index contributed by atoms with van der Waals surface area (Å²) in [5.41, 5.74) is 12.3. The van der Waals surface area contributed by atoms with E-state index in [1.807, 2.05) is 68.6 Å². The number of thiophene rings is 1. The number of hydrogen-bond donors (Lipinski definition) is 1. The fraction of sp³-hybridized carbons (Fsp3) is 0.329. The van der Waals surface area contributed by atoms with Gasteiger partial charge in [0, 0.05) is 23.5 Å². The summed E-state index contributed by atoms with van der Waals surface area (Å²) < 4.78 is 14.8. The van der Waals surface area contributed by atoms with E-state index in [1.54, 1.807) is 44.7 Å². The third-order valence-corrected chi connectivity index (χ3v) is 17.8. The van der Waals surface area contributed by atoms with Gasteiger partial charge < -0.3 is 14.5 Å². The summed E-state index contributed by atoms with van der Waals surface area (Å²) in [6.07, 6.45) is 6.18. The van der Waals surface area contributed by atoms with Crippen LogP contribution in [0.1, 0.15) is 184 Å². The highest BCUT2D eigenvalue weighted by atomic mass is 32.1. The minimum Gasteiger partial charge on any atom is -0.454 e. The Bertz CT molecular complexity index is 4040. The molecule has 0 radical (unpaired) electrons. The van der Waals surface area contributed by atoms with E-state index >= 15 is 0 Å². The number of nitrogens with one attached hydrogen (secondary N) is 1. The molecule has 1 aliphatic heterocycles. The number of pyridine rings is 1. The molecule has 0 saturated heterocycles. The smallest absolute Gasteiger partial charge is 0.326 e. The number of fused-ring (bicyclic) bond motifs is 7. The molecule has 0 bridgehead atoms. The van der Waals surface area contributed by atoms with Crippen LogP contribution >= 0.6 is 22.7 Å². The highest BCUT2D eigenvalue weighted by Crippen LogP contribution is 2.38. The average molecular weight is 1200 g/mol. The predicted octanol–water partition coefficient (Wildman–Crippen LogP) is 21.4. The van der Waals surface area contributed by atoms with Gasteiger partial charge in [-0.15, -0.1) is 22.7 Å². The highest BCUT2D eigenvalue weighted by molar-refractivity contribution is 7.18. The molecule has 2 aliphatic rings. The summed E-state index contributed by atoms with van der Waals surface area (Å²) in [4.78, 5) is 31.7. The Kier molecular flexibility index (Phi) is 23.2. The molecular weight excluding hydrogens is 1110 g/mol. The van der Waals surface area contributed by atoms with E-state index in [4.69, 9.17) is 9.47 Å². The van der Waals surface area contributed by atoms with Crippen LogP contribution in [0.3, 0.4) is 0 Å². The van der Waals surface area contributed by atoms with Crippen molar-refractivity contribution < 1.29 is 9.47 Å². The van der Waals surface area contributed by atoms with Gasteiger partial charge in [0.2, 0.25) is 6.79 Å². The molecule has 87 heavy (non-hydrogen) atoms. The largest absolute Gasteiger partial charge is 0.454 e. The van der Waals surface area contributed by atoms with Crippen LogP contribution in [-0.4, -0.2) is 36.3 Å². The van der Waals surface area contributed by atoms with Gasteiger partial charge in [-0.3, -0.25) is 9.55 Å². The predicted molar refractivity (Wildman–Crippen MR) is 371 cm³/mol. The molecule has 9 nitrogen and oxygen atoms in total. The molecule has 0 amide bonds. The Morgan fingerprint density at radius 2 is 1.22 bits per heavy atom. The first-order chi connectivity index (χ1) is 41.9. The molecule has 1 N–H and O–H groups in total. The summed E-state index contributed by atoms with van der Waals surface area (Å²) in [7, 11) is 0. The molecule has 6 heterocycles. The number of benzene rings is 7. The lowest BCUT2D eigenvalue weighted by Crippen LogP contribution is -2.18. The molecule has 1 aliphatic carbocycles. The Hall–Kier alpha value is -7.99. The van der Waals surface area contributed by atoms with Crippen molar-refractivity contribution in [1.82, 2.24) is 29.5 Å². The van der Waals surface area contributed by atoms with Gasteiger partial charge in [-0.2, -0.15) is 0 Å². The van der Waals surface area contributed by atoms with Crippen molar-refractivity contribution in [2.24, 2.45) is 5.92 Å². The van der Waals surface area contributed by atoms with Crippen molar-refractivity contribution >= 4 is 75.7 Å². The average Bonchev–Trinajstić information content (AvgIpc) is 4.51. The fourth-order valence-corrected chi connectivity index (χ4v) is 12.8. The zero-order chi connectivity index (χ0) is 62.1. The molecule has 1 atom stereocenters. The van der Waals surface area contributed by atoms with Crippen LogP contribution in [0.25, 0.3) is 53.0 Å². The van der Waals surface area contributed by atoms with Crippen molar-refractivity contribution in [2.45, 2.75) is 151 Å². The minimum atomic E-state index is -0.0313. The normalized spacial score (nSPS) is 13.0. The van der Waals surface area contributed by atoms with Gasteiger partial charge in [0.15, 0.2) is 11.5 Å². The van der Waals surface area contributed by atoms with E-state index in [0.717, 1.165) is 51.1 Å². The van der Waals surface area contributed by atoms with E-state index in [2.05, 4.69) is 235 Å². The van der Waals surface area contributed by atoms with Crippen LogP contribution in [0, 0.1) is 5.92 Å². The van der Waals surface area contributed by atoms with Crippen molar-refractivity contribution in [3.8, 4) is 11.5 Å². The molecule has 0 saturated carbocycles. The maximum atomic E-state index is 11.5. The number of H-pyrrole nitrogens is 1. The molecule has 7 aromatic carbocycles. The second-order valence-corrected chi connectivity index (χ2v) is 26.3. The van der Waals surface area contributed by atoms with Crippen LogP contribution in [0.4, 0.5) is 0 Å². The summed E-state index contributed by atoms with van der Waals surface area (Å²) in [6.45, 7) is 30.8. The molecule has 5 aromatic heterocycles. The van der Waals surface area contributed by atoms with Crippen LogP contribution < -0.4 is 15.2 Å². The van der Waals surface area contributed by atoms with E-state index < -0.39 is 0 Å². The second-order valence-electron chi connectivity index (χ2n) is 24.3. The van der Waals surface area contributed by atoms with Crippen molar-refractivity contribution in [2.75, 3.05) is 6.79 Å². The third-order valence-electron chi connectivity index (χ3n) is 15.5. The number of aromatic amines is 1. The van der Waals surface area contributed by atoms with Gasteiger partial charge in [-0.1, -0.05) is 204 Å². The first-order valence-corrected chi connectivity index (χ1v) is 32.6. The third kappa shape index (κ3) is 17.0. The molecule has 12 aromatic rings. The zero-order valence-electron chi connectivity index (χ0n) is 53.4. The van der Waals surface area contributed by atoms with Gasteiger partial charge in [0.1, 0.15) is 6.33 Å². The van der Waals surface area contributed by atoms with Crippen molar-refractivity contribution in [3.05, 3.63) is 237 Å². The topological polar surface area (TPSA) is 108 Å². The Labute approximate surface area is 524 Å². The summed E-state index contributed by atoms with van der Waals surface area (Å²) >= 11 is 3.51. The Morgan fingerprint density at radius 3 is 1.92 bits per heavy atom. The van der Waals surface area contributed by atoms with E-state index in [0.29, 0.717) is 36.4 Å². The lowest BCUT2D eigenvalue weighted by atomic mass is 9.90. The van der Waals surface area contributed by atoms with Gasteiger partial charge in [0.05, 0.1) is 47.9 Å². The lowest BCUT2D eigenvalue weighted by molar-refractivity contribution is 0.174. The van der Waals surface area contributed by atoms with Crippen molar-refractivity contribution in [3.63, 3.8) is 0 Å². The van der Waals surface area contributed by atoms with Crippen LogP contribution in [0.5, 0.6) is 11.5 Å². The van der Waals surface area contributed by atoms with Crippen LogP contribution in [-0.2, 0) is 6.42 Å². The molecule has 0 fully saturated rings. The maximum Gasteiger partial charge on any atom is 0.326 e. The lowest BCUT2D eigenvalue weighted by Gasteiger charge is -2.14. The minimum absolute atomic E-state index is 0.0313. The monoisotopic (exact) mass is 1200 g/mol. The zero-order valence-corrected chi connectivity index (χ0v) is 55.0. The summed E-state index contributed by atoms with van der Waals surface area (Å²) in [6, 6.07) is 58.8. The SMILES string of the molecule is CC(C)C1CCc2ccccc21.CC(C)c1ccc2c(c1)OCO2.CC(C)c1cccc2ccccc12.CC(C)c1nc2ccccc2s1.CC(C)c1nccc2ccccc12.CC(C)c1ncnc2ccsc12.CC(C)n1c(=O)[nH]c2ccccc21. The van der Waals surface area contributed by atoms with Crippen molar-refractivity contribution in [1.29, 1.82) is 0 Å². The van der Waals surface area contributed by atoms with E-state index in [1.165, 1.54) is 65.6 Å². The fourth-order valence-electron chi connectivity index (χ4n) is 10.9. The number of aryl methyl sites for hydroxylation is 1. The Morgan fingerprint density at radius 1 is 0.563 bits per heavy atom. The molecular formula is C76H88N6O3S2. The van der Waals surface area contributed by atoms with Gasteiger partial charge in [0.25, 0.3) is 0 Å². The molecule has 452 valence electrons. The Balaban J connectivity index is 0.000000132. The number of para-hydroxylation sites is 3. The molecule has 0 spiro atoms. The number of nitrogens with zero attached hydrogens (tertiary/aromatic N) is 5. The molecule has 1 unspecified atom stereocenters. The number of imidazole rings is 1. The number of ether oxygens (including phenoxy) is 2. The van der Waals surface area contributed by atoms with Gasteiger partial charge in [-0.05, 0) is 155 Å². The maximum absolute atomic E-state index is 11.5. The molecule has 14 rings (SSSR count). The quantitative estimate of drug-likeness (QED) is 0.169. The standard InChI is InChI=1S/C13H14.C12H13N.C12H16.C10H12N2O.C10H11NS.C10H12O2.C9H10N2S/c1-10(2)12-9-5-7-11-6-3-4-8-13(11)12;1-9(2)12-11-6-4-3-5-10(11)7-8-13-12;1-9(2)11-8-7-10-5-3-4-6-12(10)11;1-7(2)12-9-6-4-3-5-8(9)11-10(12)13;1-7(2)10-11-8-5-3-4-6-9(8)12-10;1-7(2)8-3-4-9-10(5-8)12-6-11-9;1-6(2)8-9-7(3-4-12-9)10-5-11-8/h3-10H,1-2H3;3-9H,1-2H3;3-6,9,11H,7-8H2,1-2H3;3-7H,1-2H3,(H,11,13);3-7H,1-2H3;3-5,7H,6H2,1-2H3;3-6H,1-2H3. The number of hydrogen-bond acceptors (Lipinski definition) is 9. The summed E-state index contributed by atoms with van der Waals surface area (Å²) in [5.74, 6) is 6.02. The van der Waals surface area contributed by atoms with Crippen LogP contribution in [0.15, 0.2) is 193 Å². The number of aromatic nitrogens is 6. The van der Waals surface area contributed by atoms with Gasteiger partial charge in [-0.25, -0.2) is 19.7 Å². The number of rotatable bonds is 7. The highest BCUT2D eigenvalue weighted by Gasteiger charge is 2.24.